The molecule has 5 aliphatic rings. The van der Waals surface area contributed by atoms with Crippen LogP contribution in [0.1, 0.15) is 90.2 Å². The first-order chi connectivity index (χ1) is 20.4. The molecule has 1 N–H and O–H groups in total. The van der Waals surface area contributed by atoms with Gasteiger partial charge in [0.2, 0.25) is 11.6 Å². The highest BCUT2D eigenvalue weighted by atomic mass is 19.4. The van der Waals surface area contributed by atoms with Crippen molar-refractivity contribution >= 4 is 11.9 Å². The van der Waals surface area contributed by atoms with Crippen LogP contribution in [0.2, 0.25) is 0 Å². The minimum Gasteiger partial charge on any atom is -0.481 e. The van der Waals surface area contributed by atoms with Gasteiger partial charge in [-0.1, -0.05) is 48.0 Å². The summed E-state index contributed by atoms with van der Waals surface area (Å²) >= 11 is 0. The van der Waals surface area contributed by atoms with Crippen LogP contribution >= 0.6 is 0 Å². The number of halogens is 4. The maximum absolute atomic E-state index is 15.0. The molecule has 4 nitrogen and oxygen atoms in total. The van der Waals surface area contributed by atoms with Gasteiger partial charge in [-0.3, -0.25) is 9.59 Å². The second-order valence-corrected chi connectivity index (χ2v) is 13.1. The highest BCUT2D eigenvalue weighted by Crippen LogP contribution is 2.59. The summed E-state index contributed by atoms with van der Waals surface area (Å²) in [5.74, 6) is -0.754. The minimum absolute atomic E-state index is 0.0364. The molecule has 2 aromatic rings. The highest BCUT2D eigenvalue weighted by molar-refractivity contribution is 5.86. The number of alkyl halides is 4. The van der Waals surface area contributed by atoms with Crippen molar-refractivity contribution < 1.29 is 36.4 Å². The first kappa shape index (κ1) is 24.7. The van der Waals surface area contributed by atoms with E-state index in [9.17, 15) is 27.9 Å². The number of carboxylic acid groups (broad SMARTS) is 1. The van der Waals surface area contributed by atoms with Gasteiger partial charge in [0, 0.05) is 27.5 Å². The summed E-state index contributed by atoms with van der Waals surface area (Å²) in [6, 6.07) is 10.5. The molecule has 1 heterocycles. The number of aliphatic carboxylic acids is 1. The number of hydrogen-bond donors (Lipinski definition) is 1. The van der Waals surface area contributed by atoms with Crippen molar-refractivity contribution in [2.45, 2.75) is 101 Å². The Bertz CT molecular complexity index is 1460. The number of aryl methyl sites for hydroxylation is 2. The predicted octanol–water partition coefficient (Wildman–Crippen LogP) is 7.19. The Hall–Kier alpha value is -2.90. The fraction of sp³-hybridized carbons (Fsp3) is 0.576. The zero-order valence-corrected chi connectivity index (χ0v) is 23.1. The first-order valence-electron chi connectivity index (χ1n) is 16.0. The number of nitrogens with zero attached hydrogens (tertiary/aromatic N) is 1. The lowest BCUT2D eigenvalue weighted by molar-refractivity contribution is -0.228. The topological polar surface area (TPSA) is 57.6 Å². The van der Waals surface area contributed by atoms with Crippen LogP contribution in [0.3, 0.4) is 0 Å². The Balaban J connectivity index is 1.37. The molecule has 7 rings (SSSR count). The Morgan fingerprint density at radius 2 is 1.61 bits per heavy atom. The maximum atomic E-state index is 15.0. The zero-order chi connectivity index (χ0) is 31.9. The standard InChI is InChI=1S/C33H37F4NO3/c1-21-3-5-22(6-4-21)20-32-17-18-38(27(39)30-11-14-31(15-12-30,16-13-30)28(40)41)26(32)10-7-23-19-24(8-9-25(23)32)29(2,34)33(35,36)37/h3-6,8-9,19,26H,7,10-18,20H2,1-2H3,(H,40,41)/i1D3. The summed E-state index contributed by atoms with van der Waals surface area (Å²) in [5.41, 5.74) is -3.48. The molecule has 41 heavy (non-hydrogen) atoms. The average Bonchev–Trinajstić information content (AvgIpc) is 3.35. The number of carbonyl (C=O) groups is 2. The van der Waals surface area contributed by atoms with E-state index in [4.69, 9.17) is 4.11 Å². The molecule has 0 spiro atoms. The van der Waals surface area contributed by atoms with Crippen molar-refractivity contribution in [1.29, 1.82) is 0 Å². The number of fused-ring (bicyclic) bond motifs is 6. The third-order valence-corrected chi connectivity index (χ3v) is 11.1. The predicted molar refractivity (Wildman–Crippen MR) is 146 cm³/mol. The third-order valence-electron chi connectivity index (χ3n) is 11.1. The molecule has 1 aliphatic heterocycles. The normalized spacial score (nSPS) is 33.6. The smallest absolute Gasteiger partial charge is 0.426 e. The van der Waals surface area contributed by atoms with Crippen molar-refractivity contribution in [2.24, 2.45) is 10.8 Å². The van der Waals surface area contributed by atoms with Crippen molar-refractivity contribution in [3.05, 3.63) is 70.3 Å². The van der Waals surface area contributed by atoms with Gasteiger partial charge >= 0.3 is 12.1 Å². The second kappa shape index (κ2) is 9.30. The van der Waals surface area contributed by atoms with Gasteiger partial charge in [-0.2, -0.15) is 13.2 Å². The lowest BCUT2D eigenvalue weighted by atomic mass is 9.53. The van der Waals surface area contributed by atoms with E-state index < -0.39 is 46.5 Å². The highest BCUT2D eigenvalue weighted by Gasteiger charge is 2.60. The summed E-state index contributed by atoms with van der Waals surface area (Å²) in [4.78, 5) is 28.3. The molecule has 2 aromatic carbocycles. The summed E-state index contributed by atoms with van der Waals surface area (Å²) in [6.07, 6.45) is -0.198. The molecule has 3 saturated carbocycles. The van der Waals surface area contributed by atoms with Crippen molar-refractivity contribution in [2.75, 3.05) is 6.54 Å². The van der Waals surface area contributed by atoms with E-state index in [-0.39, 0.29) is 17.5 Å². The zero-order valence-electron chi connectivity index (χ0n) is 26.1. The summed E-state index contributed by atoms with van der Waals surface area (Å²) in [7, 11) is 0. The van der Waals surface area contributed by atoms with Crippen molar-refractivity contribution in [1.82, 2.24) is 4.90 Å². The Labute approximate surface area is 242 Å². The molecule has 3 unspecified atom stereocenters. The number of likely N-dealkylation sites (tertiary alicyclic amines) is 1. The Morgan fingerprint density at radius 1 is 0.976 bits per heavy atom. The van der Waals surface area contributed by atoms with E-state index in [1.807, 2.05) is 4.90 Å². The third kappa shape index (κ3) is 4.22. The van der Waals surface area contributed by atoms with Gasteiger partial charge in [0.25, 0.3) is 0 Å². The summed E-state index contributed by atoms with van der Waals surface area (Å²) in [5, 5.41) is 9.83. The van der Waals surface area contributed by atoms with Gasteiger partial charge in [-0.05, 0) is 100 Å². The quantitative estimate of drug-likeness (QED) is 0.385. The molecule has 220 valence electrons. The molecule has 0 aromatic heterocycles. The van der Waals surface area contributed by atoms with E-state index in [0.29, 0.717) is 83.2 Å². The van der Waals surface area contributed by atoms with E-state index in [1.165, 1.54) is 12.1 Å². The number of rotatable bonds is 5. The Morgan fingerprint density at radius 3 is 2.20 bits per heavy atom. The van der Waals surface area contributed by atoms with E-state index in [1.54, 1.807) is 30.3 Å². The van der Waals surface area contributed by atoms with Gasteiger partial charge in [0.05, 0.1) is 5.41 Å². The van der Waals surface area contributed by atoms with Crippen LogP contribution in [0.5, 0.6) is 0 Å². The Kier molecular flexibility index (Phi) is 5.60. The number of carbonyl (C=O) groups excluding carboxylic acids is 1. The molecular weight excluding hydrogens is 534 g/mol. The van der Waals surface area contributed by atoms with Crippen molar-refractivity contribution in [3.8, 4) is 0 Å². The van der Waals surface area contributed by atoms with Crippen LogP contribution in [0.4, 0.5) is 17.6 Å². The number of carboxylic acids is 1. The number of benzene rings is 2. The molecular formula is C33H37F4NO3. The SMILES string of the molecule is [2H]C([2H])([2H])c1ccc(CC23CCN(C(=O)C45CCC(C(=O)O)(CC4)CC5)C2CCc2cc(C(C)(F)C(F)(F)F)ccc23)cc1. The van der Waals surface area contributed by atoms with Gasteiger partial charge in [0.1, 0.15) is 0 Å². The maximum Gasteiger partial charge on any atom is 0.426 e. The van der Waals surface area contributed by atoms with Crippen LogP contribution in [-0.4, -0.2) is 40.6 Å². The van der Waals surface area contributed by atoms with Crippen LogP contribution in [0, 0.1) is 17.7 Å². The van der Waals surface area contributed by atoms with Gasteiger partial charge < -0.3 is 10.0 Å². The summed E-state index contributed by atoms with van der Waals surface area (Å²) < 4.78 is 79.0. The largest absolute Gasteiger partial charge is 0.481 e. The van der Waals surface area contributed by atoms with Crippen LogP contribution in [0.15, 0.2) is 42.5 Å². The van der Waals surface area contributed by atoms with E-state index in [0.717, 1.165) is 11.1 Å². The fourth-order valence-corrected chi connectivity index (χ4v) is 8.38. The molecule has 4 aliphatic carbocycles. The second-order valence-electron chi connectivity index (χ2n) is 13.1. The van der Waals surface area contributed by atoms with Crippen LogP contribution in [0.25, 0.3) is 0 Å². The molecule has 3 atom stereocenters. The molecule has 1 saturated heterocycles. The lowest BCUT2D eigenvalue weighted by Crippen LogP contribution is -2.56. The number of amides is 1. The first-order valence-corrected chi connectivity index (χ1v) is 14.5. The number of hydrogen-bond acceptors (Lipinski definition) is 2. The monoisotopic (exact) mass is 574 g/mol. The molecule has 4 fully saturated rings. The molecule has 0 radical (unpaired) electrons. The van der Waals surface area contributed by atoms with Gasteiger partial charge in [0.15, 0.2) is 0 Å². The van der Waals surface area contributed by atoms with E-state index in [2.05, 4.69) is 0 Å². The van der Waals surface area contributed by atoms with Gasteiger partial charge in [-0.15, -0.1) is 0 Å². The molecule has 2 bridgehead atoms. The summed E-state index contributed by atoms with van der Waals surface area (Å²) in [6.45, 7) is -1.28. The lowest BCUT2D eigenvalue weighted by Gasteiger charge is -2.52. The van der Waals surface area contributed by atoms with Crippen LogP contribution in [-0.2, 0) is 33.5 Å². The van der Waals surface area contributed by atoms with E-state index >= 15 is 4.39 Å². The van der Waals surface area contributed by atoms with Crippen LogP contribution < -0.4 is 0 Å². The molecule has 1 amide bonds. The van der Waals surface area contributed by atoms with Gasteiger partial charge in [-0.25, -0.2) is 4.39 Å². The fourth-order valence-electron chi connectivity index (χ4n) is 8.38. The van der Waals surface area contributed by atoms with Crippen molar-refractivity contribution in [3.63, 3.8) is 0 Å². The minimum atomic E-state index is -5.07. The average molecular weight is 575 g/mol. The molecule has 8 heteroatoms.